The van der Waals surface area contributed by atoms with Gasteiger partial charge in [0, 0.05) is 5.56 Å². The Morgan fingerprint density at radius 2 is 1.86 bits per heavy atom. The first-order valence-electron chi connectivity index (χ1n) is 6.30. The number of fused-ring (bicyclic) bond motifs is 1. The molecule has 0 fully saturated rings. The first kappa shape index (κ1) is 14.8. The van der Waals surface area contributed by atoms with Gasteiger partial charge >= 0.3 is 0 Å². The van der Waals surface area contributed by atoms with Crippen LogP contribution in [0.4, 0.5) is 0 Å². The van der Waals surface area contributed by atoms with Gasteiger partial charge in [-0.2, -0.15) is 0 Å². The number of rotatable bonds is 3. The van der Waals surface area contributed by atoms with Gasteiger partial charge in [0.15, 0.2) is 0 Å². The number of hydrogen-bond acceptors (Lipinski definition) is 2. The molecule has 0 aliphatic heterocycles. The largest absolute Gasteiger partial charge is 0.384 e. The number of nitrogens with zero attached hydrogens (tertiary/aromatic N) is 1. The summed E-state index contributed by atoms with van der Waals surface area (Å²) in [4.78, 5) is 7.69. The lowest BCUT2D eigenvalue weighted by Crippen LogP contribution is -2.10. The minimum Gasteiger partial charge on any atom is -0.384 e. The Bertz CT molecular complexity index is 790. The van der Waals surface area contributed by atoms with Crippen LogP contribution < -0.4 is 5.73 Å². The fourth-order valence-corrected chi connectivity index (χ4v) is 2.02. The predicted octanol–water partition coefficient (Wildman–Crippen LogP) is 3.44. The molecule has 4 N–H and O–H groups in total. The van der Waals surface area contributed by atoms with E-state index in [0.717, 1.165) is 22.4 Å². The molecule has 0 aliphatic rings. The minimum atomic E-state index is 0. The number of aromatic amines is 1. The third-order valence-electron chi connectivity index (χ3n) is 3.04. The molecule has 0 atom stereocenters. The summed E-state index contributed by atoms with van der Waals surface area (Å²) in [7, 11) is 0. The Labute approximate surface area is 128 Å². The van der Waals surface area contributed by atoms with Crippen LogP contribution >= 0.6 is 12.4 Å². The molecule has 2 aromatic carbocycles. The van der Waals surface area contributed by atoms with Crippen molar-refractivity contribution >= 4 is 41.4 Å². The second kappa shape index (κ2) is 6.24. The molecule has 0 bridgehead atoms. The van der Waals surface area contributed by atoms with Crippen LogP contribution in [0.15, 0.2) is 48.5 Å². The fraction of sp³-hybridized carbons (Fsp3) is 0. The van der Waals surface area contributed by atoms with Gasteiger partial charge in [0.1, 0.15) is 11.7 Å². The number of halogens is 1. The topological polar surface area (TPSA) is 78.6 Å². The van der Waals surface area contributed by atoms with Crippen molar-refractivity contribution in [3.63, 3.8) is 0 Å². The van der Waals surface area contributed by atoms with E-state index in [1.165, 1.54) is 0 Å². The summed E-state index contributed by atoms with van der Waals surface area (Å²) in [5, 5.41) is 7.44. The Balaban J connectivity index is 0.00000161. The molecule has 21 heavy (non-hydrogen) atoms. The molecule has 0 saturated heterocycles. The summed E-state index contributed by atoms with van der Waals surface area (Å²) in [5.74, 6) is 0.840. The van der Waals surface area contributed by atoms with E-state index in [1.54, 1.807) is 6.07 Å². The number of H-pyrrole nitrogens is 1. The van der Waals surface area contributed by atoms with E-state index in [9.17, 15) is 0 Å². The zero-order valence-electron chi connectivity index (χ0n) is 11.2. The third kappa shape index (κ3) is 3.30. The first-order valence-corrected chi connectivity index (χ1v) is 6.30. The average Bonchev–Trinajstić information content (AvgIpc) is 2.88. The molecule has 0 radical (unpaired) electrons. The Morgan fingerprint density at radius 1 is 1.10 bits per heavy atom. The van der Waals surface area contributed by atoms with Crippen LogP contribution in [0.5, 0.6) is 0 Å². The first-order chi connectivity index (χ1) is 9.72. The molecule has 1 aromatic heterocycles. The van der Waals surface area contributed by atoms with E-state index in [2.05, 4.69) is 9.97 Å². The number of nitrogens with one attached hydrogen (secondary N) is 2. The number of imidazole rings is 1. The van der Waals surface area contributed by atoms with Crippen LogP contribution in [0.1, 0.15) is 17.0 Å². The number of hydrogen-bond donors (Lipinski definition) is 3. The lowest BCUT2D eigenvalue weighted by molar-refractivity contribution is 1.29. The summed E-state index contributed by atoms with van der Waals surface area (Å²) in [6.45, 7) is 0. The summed E-state index contributed by atoms with van der Waals surface area (Å²) in [6.07, 6.45) is 3.94. The minimum absolute atomic E-state index is 0. The van der Waals surface area contributed by atoms with Crippen molar-refractivity contribution in [3.8, 4) is 0 Å². The van der Waals surface area contributed by atoms with Gasteiger partial charge in [-0.05, 0) is 29.8 Å². The van der Waals surface area contributed by atoms with Crippen LogP contribution in [0.25, 0.3) is 23.2 Å². The van der Waals surface area contributed by atoms with E-state index in [0.29, 0.717) is 5.56 Å². The standard InChI is InChI=1S/C16H14N4.ClH/c17-16(18)12-7-8-13-14(10-12)20-15(19-13)9-6-11-4-2-1-3-5-11;/h1-10H,(H3,17,18)(H,19,20);1H/b9-6-;. The Kier molecular flexibility index (Phi) is 4.40. The molecule has 3 rings (SSSR count). The Hall–Kier alpha value is -2.59. The summed E-state index contributed by atoms with van der Waals surface area (Å²) >= 11 is 0. The van der Waals surface area contributed by atoms with Crippen LogP contribution in [0.2, 0.25) is 0 Å². The van der Waals surface area contributed by atoms with Crippen LogP contribution in [-0.2, 0) is 0 Å². The molecule has 3 aromatic rings. The van der Waals surface area contributed by atoms with Gasteiger partial charge in [-0.3, -0.25) is 5.41 Å². The molecular formula is C16H15ClN4. The van der Waals surface area contributed by atoms with Crippen molar-refractivity contribution in [2.24, 2.45) is 5.73 Å². The monoisotopic (exact) mass is 298 g/mol. The van der Waals surface area contributed by atoms with Crippen LogP contribution in [0, 0.1) is 5.41 Å². The lowest BCUT2D eigenvalue weighted by atomic mass is 10.2. The highest BCUT2D eigenvalue weighted by Gasteiger charge is 2.03. The fourth-order valence-electron chi connectivity index (χ4n) is 2.02. The van der Waals surface area contributed by atoms with Crippen molar-refractivity contribution in [2.75, 3.05) is 0 Å². The maximum absolute atomic E-state index is 7.44. The zero-order valence-corrected chi connectivity index (χ0v) is 12.0. The highest BCUT2D eigenvalue weighted by atomic mass is 35.5. The van der Waals surface area contributed by atoms with Crippen molar-refractivity contribution in [3.05, 3.63) is 65.5 Å². The number of nitrogens with two attached hydrogens (primary N) is 1. The van der Waals surface area contributed by atoms with Crippen LogP contribution in [0.3, 0.4) is 0 Å². The van der Waals surface area contributed by atoms with Crippen LogP contribution in [-0.4, -0.2) is 15.8 Å². The van der Waals surface area contributed by atoms with Gasteiger partial charge in [0.05, 0.1) is 11.0 Å². The molecule has 5 heteroatoms. The van der Waals surface area contributed by atoms with Gasteiger partial charge < -0.3 is 10.7 Å². The highest BCUT2D eigenvalue weighted by Crippen LogP contribution is 2.15. The van der Waals surface area contributed by atoms with Gasteiger partial charge in [-0.15, -0.1) is 12.4 Å². The van der Waals surface area contributed by atoms with Gasteiger partial charge in [0.2, 0.25) is 0 Å². The van der Waals surface area contributed by atoms with Crippen molar-refractivity contribution in [2.45, 2.75) is 0 Å². The quantitative estimate of drug-likeness (QED) is 0.511. The predicted molar refractivity (Wildman–Crippen MR) is 89.7 cm³/mol. The molecule has 0 amide bonds. The van der Waals surface area contributed by atoms with Crippen molar-refractivity contribution < 1.29 is 0 Å². The zero-order chi connectivity index (χ0) is 13.9. The molecule has 0 spiro atoms. The van der Waals surface area contributed by atoms with Crippen molar-refractivity contribution in [1.82, 2.24) is 9.97 Å². The number of amidine groups is 1. The van der Waals surface area contributed by atoms with Crippen molar-refractivity contribution in [1.29, 1.82) is 5.41 Å². The SMILES string of the molecule is Cl.N=C(N)c1ccc2nc(/C=C\c3ccccc3)[nH]c2c1. The average molecular weight is 299 g/mol. The number of aromatic nitrogens is 2. The molecule has 0 aliphatic carbocycles. The van der Waals surface area contributed by atoms with E-state index >= 15 is 0 Å². The summed E-state index contributed by atoms with van der Waals surface area (Å²) in [5.41, 5.74) is 9.04. The maximum atomic E-state index is 7.44. The molecule has 0 unspecified atom stereocenters. The summed E-state index contributed by atoms with van der Waals surface area (Å²) in [6, 6.07) is 15.6. The van der Waals surface area contributed by atoms with E-state index < -0.39 is 0 Å². The third-order valence-corrected chi connectivity index (χ3v) is 3.04. The summed E-state index contributed by atoms with van der Waals surface area (Å²) < 4.78 is 0. The normalized spacial score (nSPS) is 10.7. The highest BCUT2D eigenvalue weighted by molar-refractivity contribution is 5.98. The number of benzene rings is 2. The maximum Gasteiger partial charge on any atom is 0.131 e. The molecule has 106 valence electrons. The lowest BCUT2D eigenvalue weighted by Gasteiger charge is -1.96. The molecule has 4 nitrogen and oxygen atoms in total. The second-order valence-corrected chi connectivity index (χ2v) is 4.51. The smallest absolute Gasteiger partial charge is 0.131 e. The molecule has 0 saturated carbocycles. The Morgan fingerprint density at radius 3 is 2.57 bits per heavy atom. The number of nitrogen functional groups attached to an aromatic ring is 1. The molecular weight excluding hydrogens is 284 g/mol. The molecule has 1 heterocycles. The van der Waals surface area contributed by atoms with E-state index in [4.69, 9.17) is 11.1 Å². The van der Waals surface area contributed by atoms with E-state index in [1.807, 2.05) is 54.6 Å². The second-order valence-electron chi connectivity index (χ2n) is 4.51. The van der Waals surface area contributed by atoms with Gasteiger partial charge in [-0.1, -0.05) is 36.4 Å². The van der Waals surface area contributed by atoms with Gasteiger partial charge in [-0.25, -0.2) is 4.98 Å². The van der Waals surface area contributed by atoms with E-state index in [-0.39, 0.29) is 18.2 Å². The van der Waals surface area contributed by atoms with Gasteiger partial charge in [0.25, 0.3) is 0 Å².